The summed E-state index contributed by atoms with van der Waals surface area (Å²) in [7, 11) is 1.63. The maximum Gasteiger partial charge on any atom is 0.230 e. The Morgan fingerprint density at radius 1 is 0.944 bits per heavy atom. The fourth-order valence-electron chi connectivity index (χ4n) is 3.71. The molecular formula is C27H24N6O2S. The first-order chi connectivity index (χ1) is 17.7. The van der Waals surface area contributed by atoms with Crippen molar-refractivity contribution in [3.05, 3.63) is 103 Å². The van der Waals surface area contributed by atoms with Crippen LogP contribution in [0, 0.1) is 0 Å². The zero-order chi connectivity index (χ0) is 24.7. The number of thioether (sulfide) groups is 1. The number of amides is 1. The Morgan fingerprint density at radius 3 is 2.39 bits per heavy atom. The van der Waals surface area contributed by atoms with Crippen LogP contribution >= 0.6 is 11.8 Å². The number of methoxy groups -OCH3 is 1. The molecule has 0 bridgehead atoms. The van der Waals surface area contributed by atoms with Crippen LogP contribution in [0.4, 0.5) is 0 Å². The van der Waals surface area contributed by atoms with Crippen molar-refractivity contribution < 1.29 is 9.53 Å². The van der Waals surface area contributed by atoms with Gasteiger partial charge in [0.1, 0.15) is 12.1 Å². The molecule has 8 nitrogen and oxygen atoms in total. The van der Waals surface area contributed by atoms with E-state index < -0.39 is 0 Å². The van der Waals surface area contributed by atoms with Crippen molar-refractivity contribution in [1.29, 1.82) is 0 Å². The lowest BCUT2D eigenvalue weighted by atomic mass is 10.1. The van der Waals surface area contributed by atoms with Gasteiger partial charge in [0.15, 0.2) is 5.16 Å². The van der Waals surface area contributed by atoms with Gasteiger partial charge in [-0.15, -0.1) is 10.2 Å². The standard InChI is InChI=1S/C27H24N6O2S/c1-35-24-14-12-22(13-15-24)32-19-29-30-27(32)36-18-25(34)28-16-21-17-33(23-10-6-3-7-11-23)31-26(21)20-8-4-2-5-9-20/h2-15,17,19H,16,18H2,1H3,(H,28,34). The SMILES string of the molecule is COc1ccc(-n2cnnc2SCC(=O)NCc2cn(-c3ccccc3)nc2-c2ccccc2)cc1. The summed E-state index contributed by atoms with van der Waals surface area (Å²) in [6.07, 6.45) is 3.59. The van der Waals surface area contributed by atoms with Crippen LogP contribution < -0.4 is 10.1 Å². The summed E-state index contributed by atoms with van der Waals surface area (Å²) in [6, 6.07) is 27.5. The number of nitrogens with one attached hydrogen (secondary N) is 1. The third kappa shape index (κ3) is 5.31. The first kappa shape index (κ1) is 23.4. The highest BCUT2D eigenvalue weighted by Gasteiger charge is 2.15. The van der Waals surface area contributed by atoms with Crippen LogP contribution in [0.1, 0.15) is 5.56 Å². The lowest BCUT2D eigenvalue weighted by Crippen LogP contribution is -2.24. The highest BCUT2D eigenvalue weighted by molar-refractivity contribution is 7.99. The molecule has 180 valence electrons. The van der Waals surface area contributed by atoms with Crippen molar-refractivity contribution in [3.63, 3.8) is 0 Å². The fraction of sp³-hybridized carbons (Fsp3) is 0.111. The minimum absolute atomic E-state index is 0.101. The van der Waals surface area contributed by atoms with E-state index >= 15 is 0 Å². The summed E-state index contributed by atoms with van der Waals surface area (Å²) in [4.78, 5) is 12.7. The molecule has 0 radical (unpaired) electrons. The van der Waals surface area contributed by atoms with E-state index in [1.165, 1.54) is 11.8 Å². The van der Waals surface area contributed by atoms with Crippen molar-refractivity contribution in [2.45, 2.75) is 11.7 Å². The maximum absolute atomic E-state index is 12.7. The van der Waals surface area contributed by atoms with Crippen LogP contribution in [0.2, 0.25) is 0 Å². The molecule has 36 heavy (non-hydrogen) atoms. The number of benzene rings is 3. The lowest BCUT2D eigenvalue weighted by Gasteiger charge is -2.08. The molecule has 9 heteroatoms. The number of carbonyl (C=O) groups is 1. The van der Waals surface area contributed by atoms with E-state index in [9.17, 15) is 4.79 Å². The molecule has 0 spiro atoms. The zero-order valence-electron chi connectivity index (χ0n) is 19.6. The number of rotatable bonds is 9. The molecule has 5 rings (SSSR count). The van der Waals surface area contributed by atoms with Crippen LogP contribution in [-0.2, 0) is 11.3 Å². The molecule has 0 unspecified atom stereocenters. The van der Waals surface area contributed by atoms with Crippen LogP contribution in [0.25, 0.3) is 22.6 Å². The van der Waals surface area contributed by atoms with Gasteiger partial charge < -0.3 is 10.1 Å². The third-order valence-electron chi connectivity index (χ3n) is 5.53. The summed E-state index contributed by atoms with van der Waals surface area (Å²) < 4.78 is 8.90. The number of hydrogen-bond donors (Lipinski definition) is 1. The Balaban J connectivity index is 1.27. The van der Waals surface area contributed by atoms with Gasteiger partial charge in [-0.3, -0.25) is 9.36 Å². The summed E-state index contributed by atoms with van der Waals surface area (Å²) in [5.41, 5.74) is 4.63. The van der Waals surface area contributed by atoms with Crippen molar-refractivity contribution in [2.75, 3.05) is 12.9 Å². The molecule has 2 aromatic heterocycles. The Labute approximate surface area is 213 Å². The molecule has 5 aromatic rings. The lowest BCUT2D eigenvalue weighted by molar-refractivity contribution is -0.118. The van der Waals surface area contributed by atoms with Crippen LogP contribution in [0.5, 0.6) is 5.75 Å². The number of nitrogens with zero attached hydrogens (tertiary/aromatic N) is 5. The monoisotopic (exact) mass is 496 g/mol. The molecule has 1 amide bonds. The third-order valence-corrected chi connectivity index (χ3v) is 6.48. The fourth-order valence-corrected chi connectivity index (χ4v) is 4.47. The summed E-state index contributed by atoms with van der Waals surface area (Å²) in [5, 5.41) is 16.6. The van der Waals surface area contributed by atoms with Gasteiger partial charge in [0.2, 0.25) is 5.91 Å². The molecular weight excluding hydrogens is 472 g/mol. The van der Waals surface area contributed by atoms with Crippen LogP contribution in [0.15, 0.2) is 103 Å². The first-order valence-corrected chi connectivity index (χ1v) is 12.3. The van der Waals surface area contributed by atoms with E-state index in [1.54, 1.807) is 13.4 Å². The van der Waals surface area contributed by atoms with Gasteiger partial charge >= 0.3 is 0 Å². The van der Waals surface area contributed by atoms with Crippen molar-refractivity contribution in [1.82, 2.24) is 29.9 Å². The van der Waals surface area contributed by atoms with Gasteiger partial charge in [-0.2, -0.15) is 5.10 Å². The van der Waals surface area contributed by atoms with E-state index in [-0.39, 0.29) is 11.7 Å². The van der Waals surface area contributed by atoms with Gasteiger partial charge in [0.05, 0.1) is 24.2 Å². The van der Waals surface area contributed by atoms with Gasteiger partial charge in [0, 0.05) is 29.6 Å². The zero-order valence-corrected chi connectivity index (χ0v) is 20.4. The predicted octanol–water partition coefficient (Wildman–Crippen LogP) is 4.54. The molecule has 1 N–H and O–H groups in total. The number of ether oxygens (including phenoxy) is 1. The molecule has 0 atom stereocenters. The molecule has 0 saturated heterocycles. The van der Waals surface area contributed by atoms with Crippen molar-refractivity contribution >= 4 is 17.7 Å². The summed E-state index contributed by atoms with van der Waals surface area (Å²) >= 11 is 1.33. The Morgan fingerprint density at radius 2 is 1.67 bits per heavy atom. The molecule has 2 heterocycles. The van der Waals surface area contributed by atoms with Crippen LogP contribution in [-0.4, -0.2) is 43.3 Å². The Kier molecular flexibility index (Phi) is 7.09. The first-order valence-electron chi connectivity index (χ1n) is 11.3. The average molecular weight is 497 g/mol. The number of hydrogen-bond acceptors (Lipinski definition) is 6. The van der Waals surface area contributed by atoms with Gasteiger partial charge in [-0.1, -0.05) is 60.3 Å². The average Bonchev–Trinajstić information content (AvgIpc) is 3.59. The van der Waals surface area contributed by atoms with Crippen molar-refractivity contribution in [2.24, 2.45) is 0 Å². The van der Waals surface area contributed by atoms with Gasteiger partial charge in [-0.05, 0) is 36.4 Å². The number of aromatic nitrogens is 5. The topological polar surface area (TPSA) is 86.9 Å². The van der Waals surface area contributed by atoms with Crippen molar-refractivity contribution in [3.8, 4) is 28.4 Å². The largest absolute Gasteiger partial charge is 0.497 e. The van der Waals surface area contributed by atoms with E-state index in [0.717, 1.165) is 33.9 Å². The van der Waals surface area contributed by atoms with E-state index in [4.69, 9.17) is 9.84 Å². The second-order valence-electron chi connectivity index (χ2n) is 7.90. The number of carbonyl (C=O) groups excluding carboxylic acids is 1. The quantitative estimate of drug-likeness (QED) is 0.302. The molecule has 0 saturated carbocycles. The van der Waals surface area contributed by atoms with Gasteiger partial charge in [0.25, 0.3) is 0 Å². The van der Waals surface area contributed by atoms with Crippen LogP contribution in [0.3, 0.4) is 0 Å². The van der Waals surface area contributed by atoms with E-state index in [2.05, 4.69) is 15.5 Å². The minimum Gasteiger partial charge on any atom is -0.497 e. The van der Waals surface area contributed by atoms with E-state index in [1.807, 2.05) is 100 Å². The second-order valence-corrected chi connectivity index (χ2v) is 8.84. The summed E-state index contributed by atoms with van der Waals surface area (Å²) in [6.45, 7) is 0.363. The van der Waals surface area contributed by atoms with Gasteiger partial charge in [-0.25, -0.2) is 4.68 Å². The summed E-state index contributed by atoms with van der Waals surface area (Å²) in [5.74, 6) is 0.879. The minimum atomic E-state index is -0.101. The molecule has 0 aliphatic carbocycles. The number of para-hydroxylation sites is 1. The Hall–Kier alpha value is -4.37. The van der Waals surface area contributed by atoms with E-state index in [0.29, 0.717) is 11.7 Å². The highest BCUT2D eigenvalue weighted by atomic mass is 32.2. The maximum atomic E-state index is 12.7. The molecule has 3 aromatic carbocycles. The predicted molar refractivity (Wildman–Crippen MR) is 139 cm³/mol. The molecule has 0 fully saturated rings. The molecule has 0 aliphatic heterocycles. The molecule has 0 aliphatic rings. The Bertz CT molecular complexity index is 1430. The smallest absolute Gasteiger partial charge is 0.230 e. The second kappa shape index (κ2) is 10.9. The highest BCUT2D eigenvalue weighted by Crippen LogP contribution is 2.24. The normalized spacial score (nSPS) is 10.8.